The Morgan fingerprint density at radius 2 is 0.959 bits per heavy atom. The van der Waals surface area contributed by atoms with E-state index in [-0.39, 0.29) is 10.8 Å². The summed E-state index contributed by atoms with van der Waals surface area (Å²) in [5.41, 5.74) is 16.7. The van der Waals surface area contributed by atoms with E-state index in [2.05, 4.69) is 264 Å². The first-order valence-corrected chi connectivity index (χ1v) is 29.2. The molecule has 0 fully saturated rings. The summed E-state index contributed by atoms with van der Waals surface area (Å²) in [7, 11) is -1.47. The number of rotatable bonds is 4. The number of halogens is 3. The lowest BCUT2D eigenvalue weighted by molar-refractivity contribution is 0.394. The van der Waals surface area contributed by atoms with E-state index < -0.39 is 7.12 Å². The summed E-state index contributed by atoms with van der Waals surface area (Å²) in [6.07, 6.45) is 9.05. The van der Waals surface area contributed by atoms with Gasteiger partial charge in [0.15, 0.2) is 0 Å². The van der Waals surface area contributed by atoms with Crippen LogP contribution in [-0.4, -0.2) is 17.2 Å². The molecule has 2 nitrogen and oxygen atoms in total. The molecular weight excluding hydrogens is 1190 g/mol. The molecule has 0 saturated carbocycles. The van der Waals surface area contributed by atoms with E-state index in [1.165, 1.54) is 101 Å². The van der Waals surface area contributed by atoms with Gasteiger partial charge in [0.1, 0.15) is 0 Å². The van der Waals surface area contributed by atoms with Crippen LogP contribution in [0.3, 0.4) is 0 Å². The molecule has 2 unspecified atom stereocenters. The molecule has 362 valence electrons. The van der Waals surface area contributed by atoms with Gasteiger partial charge in [0, 0.05) is 58.8 Å². The number of benzene rings is 9. The van der Waals surface area contributed by atoms with Crippen LogP contribution in [0.2, 0.25) is 0 Å². The molecule has 3 aliphatic rings. The number of fused-ring (bicyclic) bond motifs is 12. The highest BCUT2D eigenvalue weighted by Gasteiger charge is 2.44. The predicted octanol–water partition coefficient (Wildman–Crippen LogP) is 19.0. The minimum absolute atomic E-state index is 0.00383. The second kappa shape index (κ2) is 19.6. The molecule has 2 atom stereocenters. The lowest BCUT2D eigenvalue weighted by atomic mass is 9.74. The molecule has 0 aliphatic heterocycles. The minimum Gasteiger partial charge on any atom is -0.423 e. The third-order valence-electron chi connectivity index (χ3n) is 15.6. The molecule has 3 aliphatic carbocycles. The third-order valence-corrected chi connectivity index (χ3v) is 19.8. The van der Waals surface area contributed by atoms with E-state index in [0.717, 1.165) is 19.0 Å². The fourth-order valence-electron chi connectivity index (χ4n) is 11.9. The molecule has 11 aromatic rings. The molecule has 9 aromatic carbocycles. The number of hydrogen-bond donors (Lipinski definition) is 2. The van der Waals surface area contributed by atoms with E-state index in [0.29, 0.717) is 17.3 Å². The Morgan fingerprint density at radius 1 is 0.459 bits per heavy atom. The maximum atomic E-state index is 9.85. The van der Waals surface area contributed by atoms with Crippen LogP contribution in [0.5, 0.6) is 0 Å². The predicted molar refractivity (Wildman–Crippen MR) is 334 cm³/mol. The summed E-state index contributed by atoms with van der Waals surface area (Å²) in [6, 6.07) is 65.3. The lowest BCUT2D eigenvalue weighted by Gasteiger charge is -2.29. The zero-order valence-corrected chi connectivity index (χ0v) is 48.2. The highest BCUT2D eigenvalue weighted by atomic mass is 127. The van der Waals surface area contributed by atoms with Gasteiger partial charge in [-0.1, -0.05) is 229 Å². The Kier molecular flexibility index (Phi) is 13.1. The monoisotopic (exact) mass is 1230 g/mol. The van der Waals surface area contributed by atoms with Crippen LogP contribution in [-0.2, 0) is 10.8 Å². The average molecular weight is 1240 g/mol. The Morgan fingerprint density at radius 3 is 1.57 bits per heavy atom. The van der Waals surface area contributed by atoms with Crippen LogP contribution in [0, 0.1) is 9.49 Å². The summed E-state index contributed by atoms with van der Waals surface area (Å²) >= 11 is 12.8. The molecule has 2 aromatic heterocycles. The molecular formula is C66H50BBr2IO2S2. The van der Waals surface area contributed by atoms with Gasteiger partial charge in [-0.05, 0) is 148 Å². The van der Waals surface area contributed by atoms with Crippen molar-refractivity contribution in [2.45, 2.75) is 44.4 Å². The van der Waals surface area contributed by atoms with Gasteiger partial charge in [0.05, 0.1) is 0 Å². The van der Waals surface area contributed by atoms with Gasteiger partial charge in [-0.15, -0.1) is 22.7 Å². The van der Waals surface area contributed by atoms with E-state index >= 15 is 0 Å². The molecule has 74 heavy (non-hydrogen) atoms. The number of allylic oxidation sites excluding steroid dienone is 4. The van der Waals surface area contributed by atoms with Crippen LogP contribution < -0.4 is 5.46 Å². The van der Waals surface area contributed by atoms with Crippen molar-refractivity contribution in [3.05, 3.63) is 241 Å². The molecule has 0 saturated heterocycles. The SMILES string of the molecule is Brc1cccc(I)c1.CC1(C)c2cc(-c3cccc4c3sc3c(B(O)O)cccc34)ccc2C2C=CC=CC21.CC1(C)c2ccccc2-c2ccc(-c3cccc4c3sc3c(-c5cccc(Br)c5)cccc34)cc21. The summed E-state index contributed by atoms with van der Waals surface area (Å²) in [6.45, 7) is 9.43. The van der Waals surface area contributed by atoms with Gasteiger partial charge < -0.3 is 10.0 Å². The number of hydrogen-bond acceptors (Lipinski definition) is 4. The molecule has 8 heteroatoms. The second-order valence-electron chi connectivity index (χ2n) is 20.6. The molecule has 0 spiro atoms. The van der Waals surface area contributed by atoms with Gasteiger partial charge in [0.2, 0.25) is 0 Å². The third kappa shape index (κ3) is 8.59. The Hall–Kier alpha value is -5.43. The summed E-state index contributed by atoms with van der Waals surface area (Å²) in [5.74, 6) is 0.953. The van der Waals surface area contributed by atoms with Crippen molar-refractivity contribution in [3.63, 3.8) is 0 Å². The standard InChI is InChI=1S/C33H23BrS.C27H23BO2S.C6H4BrI/c1-33(2)29-15-4-3-10-25(29)26-17-16-21(19-30(26)33)24-12-7-14-28-27-13-6-11-23(31(27)35-32(24)28)20-8-5-9-22(34)18-20;1-27(2)22-11-4-3-7-18(22)19-14-13-16(15-23(19)27)17-8-5-9-20-21-10-6-12-24(28(29)30)26(21)31-25(17)20;7-5-2-1-3-6(8)4-5/h3-19H,1-2H3;3-15,18,22,29-30H,1-2H3;1-4H. The van der Waals surface area contributed by atoms with Crippen LogP contribution in [0.25, 0.3) is 84.9 Å². The maximum absolute atomic E-state index is 9.85. The molecule has 14 rings (SSSR count). The van der Waals surface area contributed by atoms with Crippen molar-refractivity contribution in [2.24, 2.45) is 5.92 Å². The van der Waals surface area contributed by atoms with Crippen molar-refractivity contribution in [3.8, 4) is 44.5 Å². The first kappa shape index (κ1) is 49.5. The van der Waals surface area contributed by atoms with Crippen molar-refractivity contribution >= 4 is 130 Å². The van der Waals surface area contributed by atoms with Crippen LogP contribution in [0.4, 0.5) is 0 Å². The Bertz CT molecular complexity index is 4070. The van der Waals surface area contributed by atoms with Crippen molar-refractivity contribution in [2.75, 3.05) is 0 Å². The van der Waals surface area contributed by atoms with Gasteiger partial charge in [-0.3, -0.25) is 0 Å². The first-order chi connectivity index (χ1) is 35.8. The van der Waals surface area contributed by atoms with Gasteiger partial charge in [-0.2, -0.15) is 0 Å². The topological polar surface area (TPSA) is 40.5 Å². The zero-order valence-electron chi connectivity index (χ0n) is 41.2. The first-order valence-electron chi connectivity index (χ1n) is 24.9. The summed E-state index contributed by atoms with van der Waals surface area (Å²) in [4.78, 5) is 0. The van der Waals surface area contributed by atoms with Gasteiger partial charge in [0.25, 0.3) is 0 Å². The van der Waals surface area contributed by atoms with E-state index in [9.17, 15) is 10.0 Å². The molecule has 2 N–H and O–H groups in total. The quantitative estimate of drug-likeness (QED) is 0.136. The van der Waals surface area contributed by atoms with Gasteiger partial charge >= 0.3 is 7.12 Å². The average Bonchev–Trinajstić information content (AvgIpc) is 4.12. The minimum atomic E-state index is -1.47. The fourth-order valence-corrected chi connectivity index (χ4v) is 16.4. The largest absolute Gasteiger partial charge is 0.489 e. The fraction of sp³-hybridized carbons (Fsp3) is 0.121. The molecule has 0 amide bonds. The zero-order chi connectivity index (χ0) is 51.0. The van der Waals surface area contributed by atoms with Crippen LogP contribution >= 0.6 is 77.1 Å². The highest BCUT2D eigenvalue weighted by Crippen LogP contribution is 2.55. The molecule has 0 bridgehead atoms. The van der Waals surface area contributed by atoms with Crippen LogP contribution in [0.15, 0.2) is 215 Å². The Labute approximate surface area is 471 Å². The summed E-state index contributed by atoms with van der Waals surface area (Å²) < 4.78 is 8.36. The summed E-state index contributed by atoms with van der Waals surface area (Å²) in [5, 5.41) is 24.6. The second-order valence-corrected chi connectivity index (χ2v) is 25.7. The van der Waals surface area contributed by atoms with E-state index in [4.69, 9.17) is 0 Å². The van der Waals surface area contributed by atoms with E-state index in [1.807, 2.05) is 29.5 Å². The van der Waals surface area contributed by atoms with Crippen molar-refractivity contribution < 1.29 is 10.0 Å². The normalized spacial score (nSPS) is 16.3. The van der Waals surface area contributed by atoms with Crippen molar-refractivity contribution in [1.29, 1.82) is 0 Å². The van der Waals surface area contributed by atoms with E-state index in [1.54, 1.807) is 17.4 Å². The molecule has 0 radical (unpaired) electrons. The van der Waals surface area contributed by atoms with Gasteiger partial charge in [-0.25, -0.2) is 0 Å². The lowest BCUT2D eigenvalue weighted by Crippen LogP contribution is -2.29. The van der Waals surface area contributed by atoms with Crippen LogP contribution in [0.1, 0.15) is 55.9 Å². The maximum Gasteiger partial charge on any atom is 0.489 e. The van der Waals surface area contributed by atoms with Crippen molar-refractivity contribution in [1.82, 2.24) is 0 Å². The Balaban J connectivity index is 0.000000131. The highest BCUT2D eigenvalue weighted by molar-refractivity contribution is 14.1. The molecule has 2 heterocycles. The smallest absolute Gasteiger partial charge is 0.423 e. The number of thiophene rings is 2.